The van der Waals surface area contributed by atoms with E-state index in [-0.39, 0.29) is 0 Å². The third kappa shape index (κ3) is 2.46. The highest BCUT2D eigenvalue weighted by molar-refractivity contribution is 5.19. The van der Waals surface area contributed by atoms with Crippen molar-refractivity contribution in [3.05, 3.63) is 71.6 Å². The van der Waals surface area contributed by atoms with Gasteiger partial charge in [-0.05, 0) is 23.9 Å². The van der Waals surface area contributed by atoms with Crippen LogP contribution in [0, 0.1) is 0 Å². The number of benzene rings is 2. The van der Waals surface area contributed by atoms with Gasteiger partial charge in [-0.25, -0.2) is 0 Å². The molecule has 0 aliphatic rings. The molecule has 0 saturated heterocycles. The summed E-state index contributed by atoms with van der Waals surface area (Å²) in [4.78, 5) is 0. The molecule has 2 aromatic rings. The van der Waals surface area contributed by atoms with Gasteiger partial charge in [0.1, 0.15) is 0 Å². The van der Waals surface area contributed by atoms with E-state index in [4.69, 9.17) is 19.2 Å². The summed E-state index contributed by atoms with van der Waals surface area (Å²) < 4.78 is 110. The molecule has 0 amide bonds. The zero-order valence-corrected chi connectivity index (χ0v) is 7.00. The zero-order chi connectivity index (χ0) is 21.9. The maximum Gasteiger partial charge on any atom is 0.0626 e. The van der Waals surface area contributed by atoms with E-state index in [1.165, 1.54) is 0 Å². The maximum atomic E-state index is 8.23. The van der Waals surface area contributed by atoms with Gasteiger partial charge in [0.15, 0.2) is 0 Å². The van der Waals surface area contributed by atoms with Gasteiger partial charge in [0, 0.05) is 5.48 Å². The SMILES string of the molecule is [2H]c1c([2H])c([2H])c(C([2H])([2H])C([2H])([2H])c2c([2H])c([2H])c([2H])c([2H])c2[2H])c([2H])c1[2H]. The van der Waals surface area contributed by atoms with Crippen molar-refractivity contribution in [2.24, 2.45) is 0 Å². The van der Waals surface area contributed by atoms with Crippen LogP contribution in [0.25, 0.3) is 0 Å². The Morgan fingerprint density at radius 2 is 1.07 bits per heavy atom. The van der Waals surface area contributed by atoms with Crippen LogP contribution in [-0.4, -0.2) is 0 Å². The molecule has 0 saturated carbocycles. The topological polar surface area (TPSA) is 0 Å². The first-order valence-corrected chi connectivity index (χ1v) is 3.75. The molecule has 0 aliphatic heterocycles. The molecule has 70 valence electrons. The van der Waals surface area contributed by atoms with Crippen LogP contribution < -0.4 is 0 Å². The lowest BCUT2D eigenvalue weighted by atomic mass is 10.0. The summed E-state index contributed by atoms with van der Waals surface area (Å²) in [5.41, 5.74) is -2.01. The Bertz CT molecular complexity index is 839. The van der Waals surface area contributed by atoms with Crippen molar-refractivity contribution in [2.45, 2.75) is 12.7 Å². The summed E-state index contributed by atoms with van der Waals surface area (Å²) in [6, 6.07) is -9.02. The van der Waals surface area contributed by atoms with Crippen LogP contribution in [-0.2, 0) is 12.7 Å². The van der Waals surface area contributed by atoms with Gasteiger partial charge in [-0.1, -0.05) is 60.4 Å². The maximum absolute atomic E-state index is 8.23. The molecule has 0 radical (unpaired) electrons. The molecule has 0 spiro atoms. The van der Waals surface area contributed by atoms with Crippen molar-refractivity contribution in [3.8, 4) is 0 Å². The summed E-state index contributed by atoms with van der Waals surface area (Å²) >= 11 is 0. The average molecular weight is 196 g/mol. The van der Waals surface area contributed by atoms with Crippen molar-refractivity contribution < 1.29 is 19.2 Å². The van der Waals surface area contributed by atoms with E-state index < -0.39 is 84.3 Å². The van der Waals surface area contributed by atoms with Crippen molar-refractivity contribution in [3.63, 3.8) is 0 Å². The highest BCUT2D eigenvalue weighted by atomic mass is 14.0. The Morgan fingerprint density at radius 1 is 0.714 bits per heavy atom. The Morgan fingerprint density at radius 3 is 1.43 bits per heavy atom. The largest absolute Gasteiger partial charge is 0.0626 e. The summed E-state index contributed by atoms with van der Waals surface area (Å²) in [7, 11) is 0. The molecule has 0 atom stereocenters. The minimum Gasteiger partial charge on any atom is -0.0622 e. The standard InChI is InChI=1S/C14H14/c1-3-7-13(8-4-1)11-12-14-9-5-2-6-10-14/h1-10H,11-12H2/i1D,2D,3D,4D,5D,6D,7D,8D,9D,10D,11D2,12D2. The van der Waals surface area contributed by atoms with E-state index in [0.717, 1.165) is 0 Å². The summed E-state index contributed by atoms with van der Waals surface area (Å²) in [5.74, 6) is 0. The van der Waals surface area contributed by atoms with E-state index in [0.29, 0.717) is 0 Å². The Balaban J connectivity index is 2.92. The van der Waals surface area contributed by atoms with Gasteiger partial charge in [-0.3, -0.25) is 0 Å². The fraction of sp³-hybridized carbons (Fsp3) is 0.143. The molecule has 0 heteroatoms. The predicted octanol–water partition coefficient (Wildman–Crippen LogP) is 3.47. The van der Waals surface area contributed by atoms with Gasteiger partial charge >= 0.3 is 0 Å². The van der Waals surface area contributed by atoms with Crippen LogP contribution in [0.15, 0.2) is 60.4 Å². The fourth-order valence-corrected chi connectivity index (χ4v) is 0.750. The Labute approximate surface area is 105 Å². The van der Waals surface area contributed by atoms with Crippen LogP contribution >= 0.6 is 0 Å². The van der Waals surface area contributed by atoms with Crippen molar-refractivity contribution >= 4 is 0 Å². The summed E-state index contributed by atoms with van der Waals surface area (Å²) in [6.07, 6.45) is -6.65. The molecule has 0 bridgehead atoms. The summed E-state index contributed by atoms with van der Waals surface area (Å²) in [5, 5.41) is 0. The van der Waals surface area contributed by atoms with Crippen LogP contribution in [0.3, 0.4) is 0 Å². The molecule has 14 heavy (non-hydrogen) atoms. The Kier molecular flexibility index (Phi) is 0.713. The molecule has 0 unspecified atom stereocenters. The highest BCUT2D eigenvalue weighted by Gasteiger charge is 1.93. The minimum atomic E-state index is -3.32. The first-order valence-electron chi connectivity index (χ1n) is 10.8. The lowest BCUT2D eigenvalue weighted by molar-refractivity contribution is 0.960. The molecule has 2 aromatic carbocycles. The van der Waals surface area contributed by atoms with Crippen molar-refractivity contribution in [2.75, 3.05) is 0 Å². The Hall–Kier alpha value is -1.56. The van der Waals surface area contributed by atoms with Gasteiger partial charge in [-0.15, -0.1) is 0 Å². The van der Waals surface area contributed by atoms with Crippen LogP contribution in [0.4, 0.5) is 0 Å². The third-order valence-electron chi connectivity index (χ3n) is 1.31. The molecule has 0 nitrogen and oxygen atoms in total. The molecule has 2 rings (SSSR count). The molecule has 0 heterocycles. The second-order valence-corrected chi connectivity index (χ2v) is 2.25. The lowest BCUT2D eigenvalue weighted by Gasteiger charge is -2.01. The van der Waals surface area contributed by atoms with E-state index in [1.807, 2.05) is 0 Å². The molecule has 0 fully saturated rings. The number of rotatable bonds is 3. The smallest absolute Gasteiger partial charge is 0.0622 e. The minimum absolute atomic E-state index is 0.794. The first kappa shape index (κ1) is 2.16. The van der Waals surface area contributed by atoms with Gasteiger partial charge < -0.3 is 0 Å². The fourth-order valence-electron chi connectivity index (χ4n) is 0.750. The average Bonchev–Trinajstić information content (AvgIpc) is 2.61. The number of hydrogen-bond acceptors (Lipinski definition) is 0. The normalized spacial score (nSPS) is 26.3. The van der Waals surface area contributed by atoms with E-state index in [1.54, 1.807) is 0 Å². The summed E-state index contributed by atoms with van der Waals surface area (Å²) in [6.45, 7) is 0. The van der Waals surface area contributed by atoms with Crippen LogP contribution in [0.2, 0.25) is 0 Å². The molecular formula is C14H14. The van der Waals surface area contributed by atoms with Crippen molar-refractivity contribution in [1.29, 1.82) is 0 Å². The van der Waals surface area contributed by atoms with Gasteiger partial charge in [0.05, 0.1) is 13.7 Å². The lowest BCUT2D eigenvalue weighted by Crippen LogP contribution is -1.89. The van der Waals surface area contributed by atoms with E-state index in [2.05, 4.69) is 0 Å². The van der Waals surface area contributed by atoms with Crippen LogP contribution in [0.1, 0.15) is 30.3 Å². The second-order valence-electron chi connectivity index (χ2n) is 2.25. The number of hydrogen-bond donors (Lipinski definition) is 0. The van der Waals surface area contributed by atoms with E-state index >= 15 is 0 Å². The first-order chi connectivity index (χ1) is 12.6. The van der Waals surface area contributed by atoms with Crippen molar-refractivity contribution in [1.82, 2.24) is 0 Å². The van der Waals surface area contributed by atoms with Gasteiger partial charge in [-0.2, -0.15) is 0 Å². The molecule has 0 N–H and O–H groups in total. The quantitative estimate of drug-likeness (QED) is 0.705. The molecule has 0 aromatic heterocycles. The van der Waals surface area contributed by atoms with Gasteiger partial charge in [0.25, 0.3) is 0 Å². The molecule has 0 aliphatic carbocycles. The second kappa shape index (κ2) is 4.61. The molecular weight excluding hydrogens is 168 g/mol. The highest BCUT2D eigenvalue weighted by Crippen LogP contribution is 2.06. The zero-order valence-electron chi connectivity index (χ0n) is 21.0. The monoisotopic (exact) mass is 196 g/mol. The predicted molar refractivity (Wildman–Crippen MR) is 60.3 cm³/mol. The third-order valence-corrected chi connectivity index (χ3v) is 1.31. The van der Waals surface area contributed by atoms with Gasteiger partial charge in [0.2, 0.25) is 0 Å². The van der Waals surface area contributed by atoms with Crippen LogP contribution in [0.5, 0.6) is 0 Å². The van der Waals surface area contributed by atoms with E-state index in [9.17, 15) is 0 Å².